The summed E-state index contributed by atoms with van der Waals surface area (Å²) in [5.41, 5.74) is 0. The molecular formula is C16H30O5. The van der Waals surface area contributed by atoms with E-state index in [2.05, 4.69) is 19.1 Å². The summed E-state index contributed by atoms with van der Waals surface area (Å²) in [5.74, 6) is 0. The molecule has 1 aliphatic rings. The Hall–Kier alpha value is -0.460. The molecule has 5 nitrogen and oxygen atoms in total. The van der Waals surface area contributed by atoms with Crippen LogP contribution in [-0.2, 0) is 9.47 Å². The number of hydrogen-bond acceptors (Lipinski definition) is 5. The second-order valence-corrected chi connectivity index (χ2v) is 5.56. The summed E-state index contributed by atoms with van der Waals surface area (Å²) in [6, 6.07) is 0. The Kier molecular flexibility index (Phi) is 9.87. The van der Waals surface area contributed by atoms with Crippen LogP contribution < -0.4 is 0 Å². The smallest absolute Gasteiger partial charge is 0.114 e. The predicted octanol–water partition coefficient (Wildman–Crippen LogP) is 1.40. The lowest BCUT2D eigenvalue weighted by Gasteiger charge is -2.23. The molecule has 1 fully saturated rings. The maximum Gasteiger partial charge on any atom is 0.114 e. The van der Waals surface area contributed by atoms with E-state index < -0.39 is 24.4 Å². The van der Waals surface area contributed by atoms with Crippen molar-refractivity contribution in [1.29, 1.82) is 0 Å². The van der Waals surface area contributed by atoms with Crippen LogP contribution in [0.1, 0.15) is 45.4 Å². The molecule has 1 saturated heterocycles. The first-order chi connectivity index (χ1) is 10.2. The number of aliphatic hydroxyl groups is 3. The van der Waals surface area contributed by atoms with Gasteiger partial charge in [-0.3, -0.25) is 0 Å². The molecule has 0 bridgehead atoms. The molecule has 4 atom stereocenters. The first-order valence-corrected chi connectivity index (χ1v) is 8.05. The van der Waals surface area contributed by atoms with Gasteiger partial charge in [-0.2, -0.15) is 0 Å². The number of rotatable bonds is 11. The van der Waals surface area contributed by atoms with E-state index >= 15 is 0 Å². The number of hydrogen-bond donors (Lipinski definition) is 3. The zero-order valence-corrected chi connectivity index (χ0v) is 13.0. The Morgan fingerprint density at radius 3 is 2.71 bits per heavy atom. The largest absolute Gasteiger partial charge is 0.394 e. The molecule has 1 aliphatic heterocycles. The van der Waals surface area contributed by atoms with Gasteiger partial charge >= 0.3 is 0 Å². The Bertz CT molecular complexity index is 282. The zero-order chi connectivity index (χ0) is 15.5. The van der Waals surface area contributed by atoms with Crippen LogP contribution in [0.3, 0.4) is 0 Å². The standard InChI is InChI=1S/C16H30O5/c1-2-3-4-5-6-7-8-9-10-20-16-14(19)12-21-15(16)13(18)11-17/h4-5,13-19H,2-3,6-12H2,1H3/b5-4+/t13-,14+,15+,16+/m1/s1. The van der Waals surface area contributed by atoms with Gasteiger partial charge in [-0.05, 0) is 25.7 Å². The van der Waals surface area contributed by atoms with Gasteiger partial charge in [-0.1, -0.05) is 31.9 Å². The van der Waals surface area contributed by atoms with Gasteiger partial charge in [0.05, 0.1) is 13.2 Å². The SMILES string of the molecule is CCC/C=C/CCCCCO[C@@H]1[C@H]([C@H](O)CO)OC[C@@H]1O. The summed E-state index contributed by atoms with van der Waals surface area (Å²) in [4.78, 5) is 0. The van der Waals surface area contributed by atoms with Crippen LogP contribution in [0, 0.1) is 0 Å². The van der Waals surface area contributed by atoms with Crippen molar-refractivity contribution in [2.45, 2.75) is 69.9 Å². The highest BCUT2D eigenvalue weighted by Crippen LogP contribution is 2.21. The van der Waals surface area contributed by atoms with E-state index in [-0.39, 0.29) is 13.2 Å². The fourth-order valence-corrected chi connectivity index (χ4v) is 2.42. The molecule has 0 aromatic heterocycles. The molecule has 5 heteroatoms. The second kappa shape index (κ2) is 11.2. The molecule has 0 spiro atoms. The van der Waals surface area contributed by atoms with Crippen LogP contribution in [0.25, 0.3) is 0 Å². The molecule has 0 aliphatic carbocycles. The zero-order valence-electron chi connectivity index (χ0n) is 13.0. The average Bonchev–Trinajstić information content (AvgIpc) is 2.86. The van der Waals surface area contributed by atoms with Crippen LogP contribution in [-0.4, -0.2) is 59.6 Å². The third-order valence-electron chi connectivity index (χ3n) is 3.68. The summed E-state index contributed by atoms with van der Waals surface area (Å²) in [6.07, 6.45) is 8.12. The molecule has 1 heterocycles. The fraction of sp³-hybridized carbons (Fsp3) is 0.875. The Labute approximate surface area is 127 Å². The molecule has 0 saturated carbocycles. The van der Waals surface area contributed by atoms with Crippen LogP contribution in [0.5, 0.6) is 0 Å². The summed E-state index contributed by atoms with van der Waals surface area (Å²) in [5, 5.41) is 28.3. The van der Waals surface area contributed by atoms with Crippen molar-refractivity contribution in [3.05, 3.63) is 12.2 Å². The normalized spacial score (nSPS) is 27.5. The number of allylic oxidation sites excluding steroid dienone is 2. The van der Waals surface area contributed by atoms with E-state index in [1.54, 1.807) is 0 Å². The highest BCUT2D eigenvalue weighted by atomic mass is 16.6. The van der Waals surface area contributed by atoms with Crippen molar-refractivity contribution < 1.29 is 24.8 Å². The van der Waals surface area contributed by atoms with Crippen molar-refractivity contribution in [2.24, 2.45) is 0 Å². The molecule has 124 valence electrons. The quantitative estimate of drug-likeness (QED) is 0.397. The number of aliphatic hydroxyl groups excluding tert-OH is 3. The van der Waals surface area contributed by atoms with Crippen molar-refractivity contribution >= 4 is 0 Å². The molecular weight excluding hydrogens is 272 g/mol. The fourth-order valence-electron chi connectivity index (χ4n) is 2.42. The molecule has 0 unspecified atom stereocenters. The molecule has 0 amide bonds. The van der Waals surface area contributed by atoms with Crippen molar-refractivity contribution in [1.82, 2.24) is 0 Å². The lowest BCUT2D eigenvalue weighted by Crippen LogP contribution is -2.42. The topological polar surface area (TPSA) is 79.2 Å². The maximum absolute atomic E-state index is 9.78. The predicted molar refractivity (Wildman–Crippen MR) is 81.1 cm³/mol. The van der Waals surface area contributed by atoms with E-state index in [4.69, 9.17) is 14.6 Å². The van der Waals surface area contributed by atoms with E-state index in [1.807, 2.05) is 0 Å². The van der Waals surface area contributed by atoms with Gasteiger partial charge in [0.15, 0.2) is 0 Å². The van der Waals surface area contributed by atoms with E-state index in [1.165, 1.54) is 6.42 Å². The van der Waals surface area contributed by atoms with Crippen LogP contribution >= 0.6 is 0 Å². The second-order valence-electron chi connectivity index (χ2n) is 5.56. The van der Waals surface area contributed by atoms with Gasteiger partial charge in [-0.25, -0.2) is 0 Å². The summed E-state index contributed by atoms with van der Waals surface area (Å²) in [7, 11) is 0. The van der Waals surface area contributed by atoms with Crippen molar-refractivity contribution in [2.75, 3.05) is 19.8 Å². The Morgan fingerprint density at radius 2 is 2.00 bits per heavy atom. The van der Waals surface area contributed by atoms with Crippen LogP contribution in [0.2, 0.25) is 0 Å². The highest BCUT2D eigenvalue weighted by molar-refractivity contribution is 4.89. The minimum Gasteiger partial charge on any atom is -0.394 e. The number of unbranched alkanes of at least 4 members (excludes halogenated alkanes) is 4. The van der Waals surface area contributed by atoms with Crippen molar-refractivity contribution in [3.8, 4) is 0 Å². The minimum atomic E-state index is -1.00. The van der Waals surface area contributed by atoms with Gasteiger partial charge in [0, 0.05) is 6.61 Å². The summed E-state index contributed by atoms with van der Waals surface area (Å²) in [6.45, 7) is 2.47. The van der Waals surface area contributed by atoms with E-state index in [0.717, 1.165) is 32.1 Å². The summed E-state index contributed by atoms with van der Waals surface area (Å²) < 4.78 is 10.9. The van der Waals surface area contributed by atoms with E-state index in [9.17, 15) is 10.2 Å². The van der Waals surface area contributed by atoms with Gasteiger partial charge in [0.2, 0.25) is 0 Å². The van der Waals surface area contributed by atoms with Gasteiger partial charge < -0.3 is 24.8 Å². The molecule has 0 aromatic carbocycles. The highest BCUT2D eigenvalue weighted by Gasteiger charge is 2.40. The lowest BCUT2D eigenvalue weighted by molar-refractivity contribution is -0.0937. The molecule has 0 aromatic rings. The summed E-state index contributed by atoms with van der Waals surface area (Å²) >= 11 is 0. The van der Waals surface area contributed by atoms with Gasteiger partial charge in [-0.15, -0.1) is 0 Å². The third-order valence-corrected chi connectivity index (χ3v) is 3.68. The van der Waals surface area contributed by atoms with Crippen LogP contribution in [0.4, 0.5) is 0 Å². The van der Waals surface area contributed by atoms with Gasteiger partial charge in [0.1, 0.15) is 24.4 Å². The van der Waals surface area contributed by atoms with Crippen LogP contribution in [0.15, 0.2) is 12.2 Å². The first kappa shape index (κ1) is 18.6. The molecule has 0 radical (unpaired) electrons. The van der Waals surface area contributed by atoms with Crippen molar-refractivity contribution in [3.63, 3.8) is 0 Å². The average molecular weight is 302 g/mol. The van der Waals surface area contributed by atoms with E-state index in [0.29, 0.717) is 6.61 Å². The molecule has 21 heavy (non-hydrogen) atoms. The molecule has 3 N–H and O–H groups in total. The third kappa shape index (κ3) is 6.89. The lowest BCUT2D eigenvalue weighted by atomic mass is 10.1. The Morgan fingerprint density at radius 1 is 1.24 bits per heavy atom. The molecule has 1 rings (SSSR count). The monoisotopic (exact) mass is 302 g/mol. The Balaban J connectivity index is 2.10. The maximum atomic E-state index is 9.78. The van der Waals surface area contributed by atoms with Gasteiger partial charge in [0.25, 0.3) is 0 Å². The number of ether oxygens (including phenoxy) is 2. The minimum absolute atomic E-state index is 0.147. The first-order valence-electron chi connectivity index (χ1n) is 8.05.